The predicted octanol–water partition coefficient (Wildman–Crippen LogP) is 3.22. The van der Waals surface area contributed by atoms with Crippen molar-refractivity contribution in [1.82, 2.24) is 19.4 Å². The summed E-state index contributed by atoms with van der Waals surface area (Å²) < 4.78 is 42.2. The molecule has 6 rings (SSSR count). The molecule has 3 saturated heterocycles. The molecule has 3 aromatic rings. The Morgan fingerprint density at radius 3 is 2.58 bits per heavy atom. The van der Waals surface area contributed by atoms with Gasteiger partial charge in [-0.15, -0.1) is 0 Å². The van der Waals surface area contributed by atoms with Crippen LogP contribution in [0.5, 0.6) is 0 Å². The minimum absolute atomic E-state index is 0.0330. The number of aromatic nitrogens is 3. The number of aryl methyl sites for hydroxylation is 2. The molecule has 2 atom stereocenters. The molecular weight excluding hydrogens is 433 g/mol. The van der Waals surface area contributed by atoms with Crippen molar-refractivity contribution in [2.75, 3.05) is 30.4 Å². The first kappa shape index (κ1) is 21.7. The maximum absolute atomic E-state index is 14.5. The monoisotopic (exact) mass is 458 g/mol. The van der Waals surface area contributed by atoms with Gasteiger partial charge in [-0.05, 0) is 26.5 Å². The van der Waals surface area contributed by atoms with E-state index in [0.29, 0.717) is 40.4 Å². The van der Waals surface area contributed by atoms with Crippen LogP contribution in [-0.4, -0.2) is 51.7 Å². The van der Waals surface area contributed by atoms with E-state index in [2.05, 4.69) is 32.1 Å². The van der Waals surface area contributed by atoms with Crippen LogP contribution in [0, 0.1) is 12.7 Å². The molecule has 3 fully saturated rings. The van der Waals surface area contributed by atoms with Gasteiger partial charge in [-0.3, -0.25) is 14.3 Å². The minimum Gasteiger partial charge on any atom is -0.365 e. The molecule has 2 unspecified atom stereocenters. The Hall–Kier alpha value is -3.14. The van der Waals surface area contributed by atoms with Crippen molar-refractivity contribution in [1.29, 1.82) is 0 Å². The molecule has 1 N–H and O–H groups in total. The van der Waals surface area contributed by atoms with E-state index in [1.165, 1.54) is 16.7 Å². The van der Waals surface area contributed by atoms with E-state index < -0.39 is 17.8 Å². The number of likely N-dealkylation sites (N-methyl/N-ethyl adjacent to an activating group) is 1. The van der Waals surface area contributed by atoms with Crippen LogP contribution in [0.2, 0.25) is 0 Å². The van der Waals surface area contributed by atoms with Crippen LogP contribution >= 0.6 is 0 Å². The summed E-state index contributed by atoms with van der Waals surface area (Å²) in [6.45, 7) is 3.22. The van der Waals surface area contributed by atoms with Crippen LogP contribution < -0.4 is 15.8 Å². The van der Waals surface area contributed by atoms with Crippen molar-refractivity contribution in [3.8, 4) is 0 Å². The molecule has 7 nitrogen and oxygen atoms in total. The van der Waals surface area contributed by atoms with Crippen molar-refractivity contribution in [3.05, 3.63) is 57.4 Å². The van der Waals surface area contributed by atoms with Gasteiger partial charge in [0.1, 0.15) is 28.8 Å². The zero-order valence-electron chi connectivity index (χ0n) is 18.6. The fraction of sp³-hybridized carbons (Fsp3) is 0.435. The Morgan fingerprint density at radius 2 is 1.91 bits per heavy atom. The second-order valence-corrected chi connectivity index (χ2v) is 8.84. The number of pyridine rings is 1. The average Bonchev–Trinajstić information content (AvgIpc) is 2.80. The Labute approximate surface area is 188 Å². The van der Waals surface area contributed by atoms with E-state index in [1.54, 1.807) is 20.0 Å². The minimum atomic E-state index is -2.89. The Balaban J connectivity index is 1.52. The summed E-state index contributed by atoms with van der Waals surface area (Å²) in [5.41, 5.74) is 0.387. The van der Waals surface area contributed by atoms with Crippen molar-refractivity contribution in [3.63, 3.8) is 0 Å². The lowest BCUT2D eigenvalue weighted by atomic mass is 9.88. The molecule has 0 spiro atoms. The van der Waals surface area contributed by atoms with E-state index in [1.807, 2.05) is 0 Å². The van der Waals surface area contributed by atoms with Gasteiger partial charge in [-0.25, -0.2) is 23.1 Å². The quantitative estimate of drug-likeness (QED) is 0.634. The number of hydrogen-bond acceptors (Lipinski definition) is 6. The number of piperidine rings is 1. The number of benzene rings is 1. The highest BCUT2D eigenvalue weighted by Crippen LogP contribution is 2.33. The highest BCUT2D eigenvalue weighted by molar-refractivity contribution is 5.89. The van der Waals surface area contributed by atoms with Gasteiger partial charge in [-0.1, -0.05) is 18.2 Å². The maximum atomic E-state index is 14.5. The number of hydrogen-bond donors (Lipinski definition) is 1. The van der Waals surface area contributed by atoms with Crippen LogP contribution in [0.3, 0.4) is 0 Å². The molecule has 1 aromatic carbocycles. The van der Waals surface area contributed by atoms with Crippen LogP contribution in [0.15, 0.2) is 29.1 Å². The fourth-order valence-corrected chi connectivity index (χ4v) is 4.86. The molecule has 10 heteroatoms. The van der Waals surface area contributed by atoms with Crippen molar-refractivity contribution >= 4 is 22.5 Å². The maximum Gasteiger partial charge on any atom is 0.275 e. The molecule has 3 aliphatic rings. The lowest BCUT2D eigenvalue weighted by Crippen LogP contribution is -2.67. The molecule has 0 amide bonds. The number of rotatable bonds is 5. The molecule has 33 heavy (non-hydrogen) atoms. The third-order valence-corrected chi connectivity index (χ3v) is 6.85. The summed E-state index contributed by atoms with van der Waals surface area (Å²) >= 11 is 0. The highest BCUT2D eigenvalue weighted by Gasteiger charge is 2.42. The van der Waals surface area contributed by atoms with E-state index in [-0.39, 0.29) is 17.7 Å². The zero-order valence-corrected chi connectivity index (χ0v) is 18.6. The van der Waals surface area contributed by atoms with Crippen LogP contribution in [0.4, 0.5) is 24.7 Å². The molecule has 2 bridgehead atoms. The lowest BCUT2D eigenvalue weighted by molar-refractivity contribution is 0.0263. The number of piperazine rings is 1. The second kappa shape index (κ2) is 8.02. The number of halogens is 3. The zero-order chi connectivity index (χ0) is 23.4. The van der Waals surface area contributed by atoms with Gasteiger partial charge < -0.3 is 10.2 Å². The normalized spacial score (nSPS) is 20.4. The molecule has 0 radical (unpaired) electrons. The first-order valence-electron chi connectivity index (χ1n) is 10.9. The van der Waals surface area contributed by atoms with E-state index in [4.69, 9.17) is 0 Å². The largest absolute Gasteiger partial charge is 0.365 e. The van der Waals surface area contributed by atoms with E-state index in [9.17, 15) is 18.0 Å². The fourth-order valence-electron chi connectivity index (χ4n) is 4.86. The summed E-state index contributed by atoms with van der Waals surface area (Å²) in [6.07, 6.45) is -1.75. The Morgan fingerprint density at radius 1 is 1.18 bits per heavy atom. The lowest BCUT2D eigenvalue weighted by Gasteiger charge is -2.55. The molecule has 174 valence electrons. The van der Waals surface area contributed by atoms with E-state index in [0.717, 1.165) is 25.6 Å². The van der Waals surface area contributed by atoms with Crippen molar-refractivity contribution in [2.24, 2.45) is 7.05 Å². The topological polar surface area (TPSA) is 66.3 Å². The first-order chi connectivity index (χ1) is 15.7. The summed E-state index contributed by atoms with van der Waals surface area (Å²) in [5, 5.41) is 3.70. The van der Waals surface area contributed by atoms with Gasteiger partial charge in [0, 0.05) is 44.3 Å². The van der Waals surface area contributed by atoms with Crippen LogP contribution in [0.25, 0.3) is 11.0 Å². The Bertz CT molecular complexity index is 1280. The molecule has 0 aliphatic carbocycles. The summed E-state index contributed by atoms with van der Waals surface area (Å²) in [7, 11) is 3.78. The SMILES string of the molecule is Cc1nc(NCc2cccc(C(F)F)c2F)c2cc(N3CC4CC(C3)N4C)c(=O)n(C)c2n1. The number of alkyl halides is 2. The van der Waals surface area contributed by atoms with Gasteiger partial charge in [0.15, 0.2) is 0 Å². The van der Waals surface area contributed by atoms with Crippen LogP contribution in [-0.2, 0) is 13.6 Å². The molecular formula is C23H25F3N6O. The number of fused-ring (bicyclic) bond motifs is 3. The third-order valence-electron chi connectivity index (χ3n) is 6.85. The smallest absolute Gasteiger partial charge is 0.275 e. The second-order valence-electron chi connectivity index (χ2n) is 8.84. The van der Waals surface area contributed by atoms with Gasteiger partial charge in [0.25, 0.3) is 12.0 Å². The molecule has 3 aliphatic heterocycles. The molecule has 5 heterocycles. The van der Waals surface area contributed by atoms with Crippen molar-refractivity contribution < 1.29 is 13.2 Å². The summed E-state index contributed by atoms with van der Waals surface area (Å²) in [4.78, 5) is 26.5. The standard InChI is InChI=1S/C23H25F3N6O/c1-12-28-21(27-9-13-5-4-6-16(19(13)24)20(25)26)17-8-18(23(33)31(3)22(17)29-12)32-10-14-7-15(11-32)30(14)2/h4-6,8,14-15,20H,7,9-11H2,1-3H3,(H,27,28,29). The average molecular weight is 458 g/mol. The van der Waals surface area contributed by atoms with Crippen molar-refractivity contribution in [2.45, 2.75) is 38.4 Å². The number of anilines is 2. The molecule has 2 aromatic heterocycles. The highest BCUT2D eigenvalue weighted by atomic mass is 19.3. The summed E-state index contributed by atoms with van der Waals surface area (Å²) in [6, 6.07) is 6.60. The Kier molecular flexibility index (Phi) is 5.27. The van der Waals surface area contributed by atoms with Gasteiger partial charge in [0.2, 0.25) is 0 Å². The van der Waals surface area contributed by atoms with Gasteiger partial charge in [-0.2, -0.15) is 0 Å². The van der Waals surface area contributed by atoms with Crippen LogP contribution in [0.1, 0.15) is 29.8 Å². The van der Waals surface area contributed by atoms with Gasteiger partial charge >= 0.3 is 0 Å². The van der Waals surface area contributed by atoms with Gasteiger partial charge in [0.05, 0.1) is 10.9 Å². The first-order valence-corrected chi connectivity index (χ1v) is 10.9. The van der Waals surface area contributed by atoms with E-state index >= 15 is 0 Å². The number of nitrogens with one attached hydrogen (secondary N) is 1. The molecule has 0 saturated carbocycles. The predicted molar refractivity (Wildman–Crippen MR) is 120 cm³/mol. The number of nitrogens with zero attached hydrogens (tertiary/aromatic N) is 5. The third kappa shape index (κ3) is 3.62. The summed E-state index contributed by atoms with van der Waals surface area (Å²) in [5.74, 6) is -0.0642.